The molecule has 6 heteroatoms. The summed E-state index contributed by atoms with van der Waals surface area (Å²) in [6.07, 6.45) is 4.08. The van der Waals surface area contributed by atoms with E-state index in [4.69, 9.17) is 16.3 Å². The minimum atomic E-state index is -0.278. The zero-order valence-electron chi connectivity index (χ0n) is 12.9. The Kier molecular flexibility index (Phi) is 4.67. The van der Waals surface area contributed by atoms with Crippen LogP contribution >= 0.6 is 11.6 Å². The third-order valence-corrected chi connectivity index (χ3v) is 4.08. The number of nitrogens with one attached hydrogen (secondary N) is 1. The summed E-state index contributed by atoms with van der Waals surface area (Å²) in [7, 11) is 1.52. The van der Waals surface area contributed by atoms with Gasteiger partial charge in [0.05, 0.1) is 24.6 Å². The fourth-order valence-corrected chi connectivity index (χ4v) is 2.82. The molecule has 1 aliphatic heterocycles. The number of nitrogens with zero attached hydrogens (tertiary/aromatic N) is 2. The van der Waals surface area contributed by atoms with Gasteiger partial charge < -0.3 is 15.0 Å². The molecule has 0 saturated carbocycles. The molecule has 0 bridgehead atoms. The molecule has 120 valence electrons. The van der Waals surface area contributed by atoms with Gasteiger partial charge in [0.2, 0.25) is 0 Å². The summed E-state index contributed by atoms with van der Waals surface area (Å²) < 4.78 is 5.20. The lowest BCUT2D eigenvalue weighted by Gasteiger charge is -2.16. The van der Waals surface area contributed by atoms with E-state index in [1.165, 1.54) is 20.0 Å². The number of hydrogen-bond donors (Lipinski definition) is 1. The first-order valence-corrected chi connectivity index (χ1v) is 7.91. The Balaban J connectivity index is 1.74. The number of rotatable bonds is 4. The largest absolute Gasteiger partial charge is 0.496 e. The molecule has 2 aromatic rings. The number of anilines is 2. The van der Waals surface area contributed by atoms with Crippen molar-refractivity contribution in [1.82, 2.24) is 4.98 Å². The predicted molar refractivity (Wildman–Crippen MR) is 91.6 cm³/mol. The van der Waals surface area contributed by atoms with Crippen LogP contribution in [-0.2, 0) is 0 Å². The van der Waals surface area contributed by atoms with Crippen LogP contribution in [0.3, 0.4) is 0 Å². The van der Waals surface area contributed by atoms with Gasteiger partial charge in [-0.15, -0.1) is 0 Å². The van der Waals surface area contributed by atoms with Crippen molar-refractivity contribution in [3.05, 3.63) is 47.1 Å². The number of hydrogen-bond acceptors (Lipinski definition) is 4. The SMILES string of the molecule is COc1ccc(Cl)cc1C(=O)Nc1ccc(N2CCCC2)nc1. The number of benzene rings is 1. The highest BCUT2D eigenvalue weighted by Gasteiger charge is 2.15. The maximum absolute atomic E-state index is 12.4. The maximum atomic E-state index is 12.4. The topological polar surface area (TPSA) is 54.5 Å². The molecule has 1 fully saturated rings. The van der Waals surface area contributed by atoms with Crippen molar-refractivity contribution < 1.29 is 9.53 Å². The van der Waals surface area contributed by atoms with Crippen LogP contribution in [0, 0.1) is 0 Å². The first-order chi connectivity index (χ1) is 11.2. The van der Waals surface area contributed by atoms with Gasteiger partial charge in [-0.25, -0.2) is 4.98 Å². The normalized spacial score (nSPS) is 13.9. The van der Waals surface area contributed by atoms with E-state index < -0.39 is 0 Å². The van der Waals surface area contributed by atoms with E-state index >= 15 is 0 Å². The molecule has 1 amide bonds. The number of methoxy groups -OCH3 is 1. The summed E-state index contributed by atoms with van der Waals surface area (Å²) in [5.41, 5.74) is 1.03. The van der Waals surface area contributed by atoms with Crippen molar-refractivity contribution in [2.45, 2.75) is 12.8 Å². The molecule has 1 saturated heterocycles. The average molecular weight is 332 g/mol. The van der Waals surface area contributed by atoms with Crippen molar-refractivity contribution in [3.63, 3.8) is 0 Å². The van der Waals surface area contributed by atoms with Crippen LogP contribution in [0.5, 0.6) is 5.75 Å². The summed E-state index contributed by atoms with van der Waals surface area (Å²) in [6.45, 7) is 2.08. The fraction of sp³-hybridized carbons (Fsp3) is 0.294. The van der Waals surface area contributed by atoms with Gasteiger partial charge in [0.15, 0.2) is 0 Å². The van der Waals surface area contributed by atoms with Crippen LogP contribution in [0.15, 0.2) is 36.5 Å². The highest BCUT2D eigenvalue weighted by atomic mass is 35.5. The van der Waals surface area contributed by atoms with Crippen LogP contribution in [-0.4, -0.2) is 31.1 Å². The standard InChI is InChI=1S/C17H18ClN3O2/c1-23-15-6-4-12(18)10-14(15)17(22)20-13-5-7-16(19-11-13)21-8-2-3-9-21/h4-7,10-11H,2-3,8-9H2,1H3,(H,20,22). The zero-order valence-corrected chi connectivity index (χ0v) is 13.6. The highest BCUT2D eigenvalue weighted by Crippen LogP contribution is 2.24. The Morgan fingerprint density at radius 2 is 2.04 bits per heavy atom. The molecule has 2 heterocycles. The Labute approximate surface area is 140 Å². The van der Waals surface area contributed by atoms with E-state index in [0.29, 0.717) is 22.0 Å². The third-order valence-electron chi connectivity index (χ3n) is 3.84. The minimum absolute atomic E-state index is 0.278. The highest BCUT2D eigenvalue weighted by molar-refractivity contribution is 6.31. The minimum Gasteiger partial charge on any atom is -0.496 e. The van der Waals surface area contributed by atoms with Crippen LogP contribution in [0.1, 0.15) is 23.2 Å². The van der Waals surface area contributed by atoms with Crippen LogP contribution in [0.25, 0.3) is 0 Å². The van der Waals surface area contributed by atoms with Gasteiger partial charge in [-0.1, -0.05) is 11.6 Å². The second-order valence-corrected chi connectivity index (χ2v) is 5.83. The summed E-state index contributed by atoms with van der Waals surface area (Å²) in [5, 5.41) is 3.30. The number of pyridine rings is 1. The Morgan fingerprint density at radius 3 is 2.70 bits per heavy atom. The zero-order chi connectivity index (χ0) is 16.2. The smallest absolute Gasteiger partial charge is 0.259 e. The summed E-state index contributed by atoms with van der Waals surface area (Å²) in [5.74, 6) is 1.15. The Bertz CT molecular complexity index is 697. The van der Waals surface area contributed by atoms with Crippen LogP contribution < -0.4 is 15.0 Å². The lowest BCUT2D eigenvalue weighted by Crippen LogP contribution is -2.19. The summed E-state index contributed by atoms with van der Waals surface area (Å²) in [4.78, 5) is 19.1. The molecule has 0 spiro atoms. The van der Waals surface area contributed by atoms with E-state index in [1.807, 2.05) is 12.1 Å². The van der Waals surface area contributed by atoms with Gasteiger partial charge in [0.25, 0.3) is 5.91 Å². The quantitative estimate of drug-likeness (QED) is 0.930. The molecule has 1 aromatic heterocycles. The molecule has 3 rings (SSSR count). The number of ether oxygens (including phenoxy) is 1. The van der Waals surface area contributed by atoms with Crippen molar-refractivity contribution in [2.75, 3.05) is 30.4 Å². The summed E-state index contributed by atoms with van der Waals surface area (Å²) >= 11 is 5.96. The molecule has 5 nitrogen and oxygen atoms in total. The second kappa shape index (κ2) is 6.87. The van der Waals surface area contributed by atoms with Crippen LogP contribution in [0.4, 0.5) is 11.5 Å². The van der Waals surface area contributed by atoms with Gasteiger partial charge in [-0.2, -0.15) is 0 Å². The Hall–Kier alpha value is -2.27. The second-order valence-electron chi connectivity index (χ2n) is 5.40. The van der Waals surface area contributed by atoms with E-state index in [1.54, 1.807) is 24.4 Å². The molecular weight excluding hydrogens is 314 g/mol. The lowest BCUT2D eigenvalue weighted by molar-refractivity contribution is 0.102. The van der Waals surface area contributed by atoms with E-state index in [2.05, 4.69) is 15.2 Å². The van der Waals surface area contributed by atoms with Crippen molar-refractivity contribution in [2.24, 2.45) is 0 Å². The van der Waals surface area contributed by atoms with E-state index in [9.17, 15) is 4.79 Å². The molecule has 0 unspecified atom stereocenters. The Morgan fingerprint density at radius 1 is 1.26 bits per heavy atom. The van der Waals surface area contributed by atoms with Gasteiger partial charge in [0, 0.05) is 18.1 Å². The predicted octanol–water partition coefficient (Wildman–Crippen LogP) is 3.60. The number of aromatic nitrogens is 1. The van der Waals surface area contributed by atoms with Gasteiger partial charge >= 0.3 is 0 Å². The van der Waals surface area contributed by atoms with Gasteiger partial charge in [-0.3, -0.25) is 4.79 Å². The van der Waals surface area contributed by atoms with Gasteiger partial charge in [0.1, 0.15) is 11.6 Å². The first kappa shape index (κ1) is 15.6. The number of halogens is 1. The number of carbonyl (C=O) groups is 1. The molecule has 0 aliphatic carbocycles. The number of carbonyl (C=O) groups excluding carboxylic acids is 1. The third kappa shape index (κ3) is 3.56. The molecular formula is C17H18ClN3O2. The molecule has 0 radical (unpaired) electrons. The molecule has 1 N–H and O–H groups in total. The molecule has 0 atom stereocenters. The van der Waals surface area contributed by atoms with Crippen molar-refractivity contribution >= 4 is 29.0 Å². The molecule has 1 aliphatic rings. The van der Waals surface area contributed by atoms with Crippen molar-refractivity contribution in [3.8, 4) is 5.75 Å². The van der Waals surface area contributed by atoms with Crippen molar-refractivity contribution in [1.29, 1.82) is 0 Å². The average Bonchev–Trinajstić information content (AvgIpc) is 3.10. The monoisotopic (exact) mass is 331 g/mol. The van der Waals surface area contributed by atoms with Crippen LogP contribution in [0.2, 0.25) is 5.02 Å². The molecule has 1 aromatic carbocycles. The molecule has 23 heavy (non-hydrogen) atoms. The van der Waals surface area contributed by atoms with Gasteiger partial charge in [-0.05, 0) is 43.2 Å². The first-order valence-electron chi connectivity index (χ1n) is 7.53. The van der Waals surface area contributed by atoms with E-state index in [0.717, 1.165) is 18.9 Å². The fourth-order valence-electron chi connectivity index (χ4n) is 2.65. The number of amides is 1. The summed E-state index contributed by atoms with van der Waals surface area (Å²) in [6, 6.07) is 8.73. The maximum Gasteiger partial charge on any atom is 0.259 e. The van der Waals surface area contributed by atoms with E-state index in [-0.39, 0.29) is 5.91 Å². The lowest BCUT2D eigenvalue weighted by atomic mass is 10.2.